The highest BCUT2D eigenvalue weighted by Crippen LogP contribution is 2.22. The summed E-state index contributed by atoms with van der Waals surface area (Å²) < 4.78 is 24.9. The van der Waals surface area contributed by atoms with Crippen molar-refractivity contribution in [2.75, 3.05) is 18.1 Å². The van der Waals surface area contributed by atoms with Crippen molar-refractivity contribution in [1.29, 1.82) is 0 Å². The first-order valence-electron chi connectivity index (χ1n) is 8.24. The number of hydrogen-bond donors (Lipinski definition) is 1. The summed E-state index contributed by atoms with van der Waals surface area (Å²) in [5.74, 6) is 5.65. The summed E-state index contributed by atoms with van der Waals surface area (Å²) in [5.41, 5.74) is 1.99. The van der Waals surface area contributed by atoms with Gasteiger partial charge in [0, 0.05) is 24.0 Å². The van der Waals surface area contributed by atoms with Crippen LogP contribution in [0.25, 0.3) is 0 Å². The molecular formula is C19H19N3O3S. The summed E-state index contributed by atoms with van der Waals surface area (Å²) in [7, 11) is -3.39. The average molecular weight is 369 g/mol. The lowest BCUT2D eigenvalue weighted by Crippen LogP contribution is -2.42. The molecule has 1 amide bonds. The number of benzene rings is 1. The van der Waals surface area contributed by atoms with Crippen LogP contribution in [-0.2, 0) is 14.8 Å². The quantitative estimate of drug-likeness (QED) is 0.838. The molecule has 7 heteroatoms. The van der Waals surface area contributed by atoms with Crippen molar-refractivity contribution >= 4 is 21.6 Å². The van der Waals surface area contributed by atoms with E-state index in [4.69, 9.17) is 0 Å². The predicted molar refractivity (Wildman–Crippen MR) is 99.9 cm³/mol. The van der Waals surface area contributed by atoms with Crippen molar-refractivity contribution in [2.45, 2.75) is 18.9 Å². The lowest BCUT2D eigenvalue weighted by Gasteiger charge is -2.21. The van der Waals surface area contributed by atoms with Crippen molar-refractivity contribution in [3.63, 3.8) is 0 Å². The van der Waals surface area contributed by atoms with E-state index in [-0.39, 0.29) is 5.91 Å². The van der Waals surface area contributed by atoms with Crippen molar-refractivity contribution in [1.82, 2.24) is 9.29 Å². The molecule has 1 fully saturated rings. The standard InChI is InChI=1S/C19H19N3O3S/c1-26(24,25)22-13-5-9-18(22)19(23)21-17-8-4-6-15(14-17)10-11-16-7-2-3-12-20-16/h2-4,6-8,12,14,18H,5,9,13H2,1H3,(H,21,23). The number of hydrogen-bond acceptors (Lipinski definition) is 4. The maximum Gasteiger partial charge on any atom is 0.242 e. The zero-order valence-corrected chi connectivity index (χ0v) is 15.2. The molecule has 1 N–H and O–H groups in total. The summed E-state index contributed by atoms with van der Waals surface area (Å²) >= 11 is 0. The SMILES string of the molecule is CS(=O)(=O)N1CCCC1C(=O)Nc1cccc(C#Cc2ccccn2)c1. The van der Waals surface area contributed by atoms with Crippen LogP contribution in [0.3, 0.4) is 0 Å². The molecule has 134 valence electrons. The molecule has 0 aliphatic carbocycles. The van der Waals surface area contributed by atoms with Gasteiger partial charge in [-0.2, -0.15) is 4.31 Å². The van der Waals surface area contributed by atoms with E-state index in [1.165, 1.54) is 4.31 Å². The largest absolute Gasteiger partial charge is 0.325 e. The molecule has 0 saturated carbocycles. The number of nitrogens with zero attached hydrogens (tertiary/aromatic N) is 2. The Morgan fingerprint density at radius 1 is 1.23 bits per heavy atom. The van der Waals surface area contributed by atoms with Crippen LogP contribution >= 0.6 is 0 Å². The monoisotopic (exact) mass is 369 g/mol. The number of sulfonamides is 1. The van der Waals surface area contributed by atoms with Gasteiger partial charge < -0.3 is 5.32 Å². The lowest BCUT2D eigenvalue weighted by atomic mass is 10.1. The maximum absolute atomic E-state index is 12.5. The highest BCUT2D eigenvalue weighted by Gasteiger charge is 2.36. The van der Waals surface area contributed by atoms with Crippen LogP contribution in [0.15, 0.2) is 48.7 Å². The molecule has 2 heterocycles. The highest BCUT2D eigenvalue weighted by atomic mass is 32.2. The second kappa shape index (κ2) is 7.68. The second-order valence-electron chi connectivity index (χ2n) is 6.07. The lowest BCUT2D eigenvalue weighted by molar-refractivity contribution is -0.119. The molecule has 1 aliphatic heterocycles. The Labute approximate surface area is 153 Å². The van der Waals surface area contributed by atoms with E-state index in [2.05, 4.69) is 22.1 Å². The van der Waals surface area contributed by atoms with Gasteiger partial charge in [-0.25, -0.2) is 13.4 Å². The molecule has 1 aliphatic rings. The zero-order chi connectivity index (χ0) is 18.6. The molecule has 0 spiro atoms. The van der Waals surface area contributed by atoms with Crippen LogP contribution in [-0.4, -0.2) is 42.5 Å². The summed E-state index contributed by atoms with van der Waals surface area (Å²) in [6.07, 6.45) is 4.01. The third-order valence-corrected chi connectivity index (χ3v) is 5.35. The number of rotatable bonds is 3. The number of anilines is 1. The average Bonchev–Trinajstić information content (AvgIpc) is 3.12. The Morgan fingerprint density at radius 3 is 2.81 bits per heavy atom. The molecule has 1 atom stereocenters. The Kier molecular flexibility index (Phi) is 5.35. The summed E-state index contributed by atoms with van der Waals surface area (Å²) in [6, 6.07) is 12.0. The molecule has 1 aromatic carbocycles. The third-order valence-electron chi connectivity index (χ3n) is 4.06. The smallest absolute Gasteiger partial charge is 0.242 e. The fourth-order valence-electron chi connectivity index (χ4n) is 2.87. The molecule has 1 aromatic heterocycles. The molecule has 0 bridgehead atoms. The second-order valence-corrected chi connectivity index (χ2v) is 8.00. The third kappa shape index (κ3) is 4.48. The van der Waals surface area contributed by atoms with E-state index in [0.717, 1.165) is 11.8 Å². The minimum Gasteiger partial charge on any atom is -0.325 e. The molecule has 1 saturated heterocycles. The van der Waals surface area contributed by atoms with Crippen LogP contribution in [0.1, 0.15) is 24.1 Å². The minimum atomic E-state index is -3.39. The topological polar surface area (TPSA) is 79.4 Å². The Balaban J connectivity index is 1.73. The van der Waals surface area contributed by atoms with Crippen LogP contribution in [0.2, 0.25) is 0 Å². The molecular weight excluding hydrogens is 350 g/mol. The normalized spacial score (nSPS) is 17.3. The van der Waals surface area contributed by atoms with Gasteiger partial charge in [0.2, 0.25) is 15.9 Å². The summed E-state index contributed by atoms with van der Waals surface area (Å²) in [6.45, 7) is 0.381. The van der Waals surface area contributed by atoms with Crippen molar-refractivity contribution in [3.05, 3.63) is 59.9 Å². The van der Waals surface area contributed by atoms with Crippen molar-refractivity contribution in [3.8, 4) is 11.8 Å². The number of aromatic nitrogens is 1. The Bertz CT molecular complexity index is 962. The van der Waals surface area contributed by atoms with E-state index in [9.17, 15) is 13.2 Å². The Morgan fingerprint density at radius 2 is 2.08 bits per heavy atom. The van der Waals surface area contributed by atoms with Gasteiger partial charge in [0.05, 0.1) is 6.26 Å². The minimum absolute atomic E-state index is 0.317. The first-order chi connectivity index (χ1) is 12.4. The molecule has 3 rings (SSSR count). The van der Waals surface area contributed by atoms with Gasteiger partial charge in [0.1, 0.15) is 11.7 Å². The summed E-state index contributed by atoms with van der Waals surface area (Å²) in [5, 5.41) is 2.80. The fraction of sp³-hybridized carbons (Fsp3) is 0.263. The number of pyridine rings is 1. The van der Waals surface area contributed by atoms with E-state index in [1.54, 1.807) is 24.4 Å². The van der Waals surface area contributed by atoms with Gasteiger partial charge >= 0.3 is 0 Å². The van der Waals surface area contributed by atoms with E-state index in [0.29, 0.717) is 30.8 Å². The number of carbonyl (C=O) groups excluding carboxylic acids is 1. The highest BCUT2D eigenvalue weighted by molar-refractivity contribution is 7.88. The predicted octanol–water partition coefficient (Wildman–Crippen LogP) is 1.84. The van der Waals surface area contributed by atoms with Crippen LogP contribution in [0.4, 0.5) is 5.69 Å². The van der Waals surface area contributed by atoms with E-state index >= 15 is 0 Å². The number of nitrogens with one attached hydrogen (secondary N) is 1. The van der Waals surface area contributed by atoms with Gasteiger partial charge in [-0.15, -0.1) is 0 Å². The van der Waals surface area contributed by atoms with Crippen LogP contribution < -0.4 is 5.32 Å². The number of carbonyl (C=O) groups is 1. The molecule has 6 nitrogen and oxygen atoms in total. The van der Waals surface area contributed by atoms with Crippen LogP contribution in [0, 0.1) is 11.8 Å². The molecule has 0 radical (unpaired) electrons. The first kappa shape index (κ1) is 18.1. The first-order valence-corrected chi connectivity index (χ1v) is 10.1. The number of amides is 1. The van der Waals surface area contributed by atoms with Crippen molar-refractivity contribution < 1.29 is 13.2 Å². The van der Waals surface area contributed by atoms with E-state index < -0.39 is 16.1 Å². The van der Waals surface area contributed by atoms with Gasteiger partial charge in [-0.05, 0) is 49.1 Å². The molecule has 1 unspecified atom stereocenters. The van der Waals surface area contributed by atoms with Gasteiger partial charge in [-0.3, -0.25) is 4.79 Å². The Hall–Kier alpha value is -2.69. The van der Waals surface area contributed by atoms with Gasteiger partial charge in [0.25, 0.3) is 0 Å². The van der Waals surface area contributed by atoms with Crippen molar-refractivity contribution in [2.24, 2.45) is 0 Å². The zero-order valence-electron chi connectivity index (χ0n) is 14.3. The fourth-order valence-corrected chi connectivity index (χ4v) is 4.00. The molecule has 2 aromatic rings. The van der Waals surface area contributed by atoms with Crippen LogP contribution in [0.5, 0.6) is 0 Å². The van der Waals surface area contributed by atoms with Gasteiger partial charge in [-0.1, -0.05) is 18.1 Å². The summed E-state index contributed by atoms with van der Waals surface area (Å²) in [4.78, 5) is 16.6. The van der Waals surface area contributed by atoms with E-state index in [1.807, 2.05) is 24.3 Å². The molecule has 26 heavy (non-hydrogen) atoms. The maximum atomic E-state index is 12.5. The van der Waals surface area contributed by atoms with Gasteiger partial charge in [0.15, 0.2) is 0 Å².